The smallest absolute Gasteiger partial charge is 0.326 e. The van der Waals surface area contributed by atoms with Crippen molar-refractivity contribution in [3.8, 4) is 0 Å². The van der Waals surface area contributed by atoms with Gasteiger partial charge in [-0.3, -0.25) is 9.89 Å². The van der Waals surface area contributed by atoms with Gasteiger partial charge in [0.15, 0.2) is 0 Å². The molecule has 2 rings (SSSR count). The van der Waals surface area contributed by atoms with Crippen molar-refractivity contribution in [2.75, 3.05) is 5.32 Å². The van der Waals surface area contributed by atoms with Gasteiger partial charge in [-0.15, -0.1) is 0 Å². The largest absolute Gasteiger partial charge is 0.418 e. The lowest BCUT2D eigenvalue weighted by atomic mass is 10.1. The molecular formula is C12H11F3N4O. The van der Waals surface area contributed by atoms with Crippen LogP contribution in [-0.4, -0.2) is 16.1 Å². The Morgan fingerprint density at radius 3 is 2.70 bits per heavy atom. The molecule has 0 fully saturated rings. The van der Waals surface area contributed by atoms with Gasteiger partial charge in [-0.1, -0.05) is 6.07 Å². The Bertz CT molecular complexity index is 608. The SMILES string of the molecule is NCc1ccc(NC(=O)c2cn[nH]c2)c(C(F)(F)F)c1. The Labute approximate surface area is 112 Å². The molecular weight excluding hydrogens is 273 g/mol. The summed E-state index contributed by atoms with van der Waals surface area (Å²) in [5.41, 5.74) is 4.54. The highest BCUT2D eigenvalue weighted by atomic mass is 19.4. The summed E-state index contributed by atoms with van der Waals surface area (Å²) in [5, 5.41) is 8.18. The van der Waals surface area contributed by atoms with E-state index in [0.717, 1.165) is 6.07 Å². The molecule has 0 radical (unpaired) electrons. The first-order valence-electron chi connectivity index (χ1n) is 5.62. The maximum absolute atomic E-state index is 12.9. The molecule has 0 aliphatic heterocycles. The number of benzene rings is 1. The molecule has 1 aromatic heterocycles. The van der Waals surface area contributed by atoms with Crippen molar-refractivity contribution >= 4 is 11.6 Å². The molecule has 0 saturated heterocycles. The number of carbonyl (C=O) groups excluding carboxylic acids is 1. The van der Waals surface area contributed by atoms with E-state index in [1.807, 2.05) is 0 Å². The Morgan fingerprint density at radius 1 is 1.40 bits per heavy atom. The summed E-state index contributed by atoms with van der Waals surface area (Å²) in [6, 6.07) is 3.54. The zero-order valence-electron chi connectivity index (χ0n) is 10.2. The van der Waals surface area contributed by atoms with Crippen LogP contribution in [0.15, 0.2) is 30.6 Å². The van der Waals surface area contributed by atoms with Gasteiger partial charge in [0.2, 0.25) is 0 Å². The molecule has 0 spiro atoms. The van der Waals surface area contributed by atoms with Crippen LogP contribution >= 0.6 is 0 Å². The third-order valence-electron chi connectivity index (χ3n) is 2.63. The predicted octanol–water partition coefficient (Wildman–Crippen LogP) is 2.14. The van der Waals surface area contributed by atoms with Crippen LogP contribution in [0, 0.1) is 0 Å². The molecule has 1 aromatic carbocycles. The van der Waals surface area contributed by atoms with E-state index in [0.29, 0.717) is 5.56 Å². The minimum absolute atomic E-state index is 0.0148. The maximum Gasteiger partial charge on any atom is 0.418 e. The molecule has 5 nitrogen and oxygen atoms in total. The summed E-state index contributed by atoms with van der Waals surface area (Å²) in [7, 11) is 0. The number of hydrogen-bond acceptors (Lipinski definition) is 3. The van der Waals surface area contributed by atoms with E-state index in [-0.39, 0.29) is 17.8 Å². The minimum atomic E-state index is -4.58. The summed E-state index contributed by atoms with van der Waals surface area (Å²) in [4.78, 5) is 11.7. The van der Waals surface area contributed by atoms with Gasteiger partial charge in [-0.25, -0.2) is 0 Å². The molecule has 4 N–H and O–H groups in total. The van der Waals surface area contributed by atoms with Crippen molar-refractivity contribution in [1.82, 2.24) is 10.2 Å². The number of halogens is 3. The minimum Gasteiger partial charge on any atom is -0.326 e. The highest BCUT2D eigenvalue weighted by Crippen LogP contribution is 2.35. The van der Waals surface area contributed by atoms with E-state index in [9.17, 15) is 18.0 Å². The molecule has 2 aromatic rings. The summed E-state index contributed by atoms with van der Waals surface area (Å²) >= 11 is 0. The number of aromatic nitrogens is 2. The number of hydrogen-bond donors (Lipinski definition) is 3. The Balaban J connectivity index is 2.34. The molecule has 0 aliphatic rings. The molecule has 0 aliphatic carbocycles. The van der Waals surface area contributed by atoms with Gasteiger partial charge in [-0.2, -0.15) is 18.3 Å². The van der Waals surface area contributed by atoms with Crippen LogP contribution in [0.25, 0.3) is 0 Å². The third-order valence-corrected chi connectivity index (χ3v) is 2.63. The number of nitrogens with two attached hydrogens (primary N) is 1. The quantitative estimate of drug-likeness (QED) is 0.807. The van der Waals surface area contributed by atoms with Gasteiger partial charge in [-0.05, 0) is 17.7 Å². The standard InChI is InChI=1S/C12H11F3N4O/c13-12(14,15)9-3-7(4-16)1-2-10(9)19-11(20)8-5-17-18-6-8/h1-3,5-6H,4,16H2,(H,17,18)(H,19,20). The second-order valence-corrected chi connectivity index (χ2v) is 4.02. The number of rotatable bonds is 3. The lowest BCUT2D eigenvalue weighted by Gasteiger charge is -2.14. The molecule has 106 valence electrons. The molecule has 8 heteroatoms. The van der Waals surface area contributed by atoms with Crippen molar-refractivity contribution in [1.29, 1.82) is 0 Å². The maximum atomic E-state index is 12.9. The highest BCUT2D eigenvalue weighted by molar-refractivity contribution is 6.04. The molecule has 0 atom stereocenters. The number of aromatic amines is 1. The van der Waals surface area contributed by atoms with Gasteiger partial charge in [0.25, 0.3) is 5.91 Å². The van der Waals surface area contributed by atoms with Crippen LogP contribution < -0.4 is 11.1 Å². The predicted molar refractivity (Wildman–Crippen MR) is 65.9 cm³/mol. The Hall–Kier alpha value is -2.35. The second-order valence-electron chi connectivity index (χ2n) is 4.02. The van der Waals surface area contributed by atoms with Crippen molar-refractivity contribution in [3.63, 3.8) is 0 Å². The van der Waals surface area contributed by atoms with E-state index >= 15 is 0 Å². The Morgan fingerprint density at radius 2 is 2.15 bits per heavy atom. The molecule has 0 saturated carbocycles. The summed E-state index contributed by atoms with van der Waals surface area (Å²) in [6.07, 6.45) is -2.07. The number of carbonyl (C=O) groups is 1. The van der Waals surface area contributed by atoms with Crippen LogP contribution in [0.4, 0.5) is 18.9 Å². The molecule has 0 bridgehead atoms. The average Bonchev–Trinajstić information content (AvgIpc) is 2.91. The monoisotopic (exact) mass is 284 g/mol. The van der Waals surface area contributed by atoms with Crippen molar-refractivity contribution in [2.45, 2.75) is 12.7 Å². The van der Waals surface area contributed by atoms with Crippen molar-refractivity contribution in [2.24, 2.45) is 5.73 Å². The molecule has 1 amide bonds. The van der Waals surface area contributed by atoms with E-state index in [1.54, 1.807) is 0 Å². The zero-order chi connectivity index (χ0) is 14.8. The van der Waals surface area contributed by atoms with Crippen LogP contribution in [-0.2, 0) is 12.7 Å². The van der Waals surface area contributed by atoms with E-state index in [2.05, 4.69) is 15.5 Å². The molecule has 1 heterocycles. The number of nitrogens with one attached hydrogen (secondary N) is 2. The van der Waals surface area contributed by atoms with E-state index < -0.39 is 17.6 Å². The van der Waals surface area contributed by atoms with Crippen molar-refractivity contribution in [3.05, 3.63) is 47.3 Å². The van der Waals surface area contributed by atoms with Gasteiger partial charge in [0.05, 0.1) is 23.0 Å². The number of anilines is 1. The van der Waals surface area contributed by atoms with E-state index in [1.165, 1.54) is 24.5 Å². The lowest BCUT2D eigenvalue weighted by Crippen LogP contribution is -2.17. The fraction of sp³-hybridized carbons (Fsp3) is 0.167. The topological polar surface area (TPSA) is 83.8 Å². The number of nitrogens with zero attached hydrogens (tertiary/aromatic N) is 1. The fourth-order valence-corrected chi connectivity index (χ4v) is 1.63. The molecule has 20 heavy (non-hydrogen) atoms. The normalized spacial score (nSPS) is 11.4. The fourth-order valence-electron chi connectivity index (χ4n) is 1.63. The number of amides is 1. The first-order chi connectivity index (χ1) is 9.41. The Kier molecular flexibility index (Phi) is 3.75. The third kappa shape index (κ3) is 2.97. The first-order valence-corrected chi connectivity index (χ1v) is 5.62. The lowest BCUT2D eigenvalue weighted by molar-refractivity contribution is -0.137. The van der Waals surface area contributed by atoms with Crippen LogP contribution in [0.5, 0.6) is 0 Å². The van der Waals surface area contributed by atoms with E-state index in [4.69, 9.17) is 5.73 Å². The van der Waals surface area contributed by atoms with Gasteiger partial charge >= 0.3 is 6.18 Å². The van der Waals surface area contributed by atoms with Gasteiger partial charge in [0, 0.05) is 12.7 Å². The van der Waals surface area contributed by atoms with Crippen molar-refractivity contribution < 1.29 is 18.0 Å². The molecule has 0 unspecified atom stereocenters. The van der Waals surface area contributed by atoms with Crippen LogP contribution in [0.1, 0.15) is 21.5 Å². The second kappa shape index (κ2) is 5.33. The van der Waals surface area contributed by atoms with Crippen LogP contribution in [0.3, 0.4) is 0 Å². The first kappa shape index (κ1) is 14.1. The van der Waals surface area contributed by atoms with Gasteiger partial charge in [0.1, 0.15) is 0 Å². The van der Waals surface area contributed by atoms with Gasteiger partial charge < -0.3 is 11.1 Å². The number of H-pyrrole nitrogens is 1. The highest BCUT2D eigenvalue weighted by Gasteiger charge is 2.34. The summed E-state index contributed by atoms with van der Waals surface area (Å²) in [5.74, 6) is -0.676. The average molecular weight is 284 g/mol. The zero-order valence-corrected chi connectivity index (χ0v) is 10.2. The summed E-state index contributed by atoms with van der Waals surface area (Å²) < 4.78 is 38.8. The summed E-state index contributed by atoms with van der Waals surface area (Å²) in [6.45, 7) is -0.0148. The van der Waals surface area contributed by atoms with Crippen LogP contribution in [0.2, 0.25) is 0 Å². The number of alkyl halides is 3.